The van der Waals surface area contributed by atoms with E-state index in [1.807, 2.05) is 0 Å². The first kappa shape index (κ1) is 7.43. The standard InChI is InChI=1S/C5H10NO2/c1-3-5(2,6)4(7)8/h1,3,6H2,2H3,(H,7,8)/t5-/m1/s1. The van der Waals surface area contributed by atoms with Gasteiger partial charge in [0.1, 0.15) is 5.54 Å². The number of hydrogen-bond acceptors (Lipinski definition) is 2. The van der Waals surface area contributed by atoms with E-state index in [1.54, 1.807) is 0 Å². The van der Waals surface area contributed by atoms with Gasteiger partial charge < -0.3 is 10.8 Å². The van der Waals surface area contributed by atoms with Gasteiger partial charge in [0.15, 0.2) is 0 Å². The summed E-state index contributed by atoms with van der Waals surface area (Å²) in [7, 11) is 0. The van der Waals surface area contributed by atoms with Gasteiger partial charge in [-0.1, -0.05) is 6.92 Å². The second-order valence-corrected chi connectivity index (χ2v) is 1.97. The van der Waals surface area contributed by atoms with Gasteiger partial charge in [0, 0.05) is 0 Å². The van der Waals surface area contributed by atoms with Crippen LogP contribution in [0.25, 0.3) is 0 Å². The molecule has 0 unspecified atom stereocenters. The molecule has 0 aromatic heterocycles. The number of hydrogen-bond donors (Lipinski definition) is 2. The molecule has 0 rings (SSSR count). The lowest BCUT2D eigenvalue weighted by molar-refractivity contribution is -0.142. The minimum Gasteiger partial charge on any atom is -0.480 e. The summed E-state index contributed by atoms with van der Waals surface area (Å²) in [5.41, 5.74) is 4.04. The van der Waals surface area contributed by atoms with Crippen molar-refractivity contribution in [3.63, 3.8) is 0 Å². The van der Waals surface area contributed by atoms with Gasteiger partial charge in [-0.2, -0.15) is 0 Å². The Hall–Kier alpha value is -0.570. The molecular formula is C5H10NO2. The third kappa shape index (κ3) is 1.50. The second kappa shape index (κ2) is 2.13. The van der Waals surface area contributed by atoms with Crippen LogP contribution in [0.5, 0.6) is 0 Å². The van der Waals surface area contributed by atoms with E-state index < -0.39 is 11.5 Å². The Kier molecular flexibility index (Phi) is 1.98. The van der Waals surface area contributed by atoms with Crippen LogP contribution in [-0.4, -0.2) is 16.6 Å². The number of carboxylic acid groups (broad SMARTS) is 1. The first-order chi connectivity index (χ1) is 3.50. The van der Waals surface area contributed by atoms with E-state index >= 15 is 0 Å². The topological polar surface area (TPSA) is 63.3 Å². The third-order valence-corrected chi connectivity index (χ3v) is 1.01. The third-order valence-electron chi connectivity index (χ3n) is 1.01. The molecule has 0 amide bonds. The Bertz CT molecular complexity index is 98.6. The maximum atomic E-state index is 10.1. The second-order valence-electron chi connectivity index (χ2n) is 1.97. The van der Waals surface area contributed by atoms with Gasteiger partial charge in [-0.25, -0.2) is 0 Å². The lowest BCUT2D eigenvalue weighted by Crippen LogP contribution is -2.43. The van der Waals surface area contributed by atoms with Gasteiger partial charge in [0.2, 0.25) is 0 Å². The van der Waals surface area contributed by atoms with Gasteiger partial charge in [0.25, 0.3) is 0 Å². The monoisotopic (exact) mass is 116 g/mol. The molecule has 1 radical (unpaired) electrons. The van der Waals surface area contributed by atoms with Gasteiger partial charge in [-0.05, 0) is 13.3 Å². The quantitative estimate of drug-likeness (QED) is 0.534. The van der Waals surface area contributed by atoms with E-state index in [-0.39, 0.29) is 6.42 Å². The highest BCUT2D eigenvalue weighted by atomic mass is 16.4. The lowest BCUT2D eigenvalue weighted by Gasteiger charge is -2.14. The zero-order valence-electron chi connectivity index (χ0n) is 4.85. The molecule has 0 saturated carbocycles. The smallest absolute Gasteiger partial charge is 0.323 e. The fourth-order valence-electron chi connectivity index (χ4n) is 0.107. The van der Waals surface area contributed by atoms with Crippen LogP contribution in [0.2, 0.25) is 0 Å². The maximum Gasteiger partial charge on any atom is 0.323 e. The Labute approximate surface area is 48.5 Å². The highest BCUT2D eigenvalue weighted by Gasteiger charge is 2.24. The molecule has 1 atom stereocenters. The minimum absolute atomic E-state index is 0.211. The fraction of sp³-hybridized carbons (Fsp3) is 0.600. The van der Waals surface area contributed by atoms with Crippen molar-refractivity contribution in [3.8, 4) is 0 Å². The predicted molar refractivity (Wildman–Crippen MR) is 30.2 cm³/mol. The summed E-state index contributed by atoms with van der Waals surface area (Å²) in [6, 6.07) is 0. The molecule has 0 aliphatic carbocycles. The van der Waals surface area contributed by atoms with Crippen LogP contribution in [-0.2, 0) is 4.79 Å². The summed E-state index contributed by atoms with van der Waals surface area (Å²) in [6.07, 6.45) is 0.211. The Morgan fingerprint density at radius 3 is 2.38 bits per heavy atom. The summed E-state index contributed by atoms with van der Waals surface area (Å²) in [5.74, 6) is -1.01. The van der Waals surface area contributed by atoms with Gasteiger partial charge >= 0.3 is 5.97 Å². The molecule has 0 spiro atoms. The molecule has 0 aliphatic rings. The van der Waals surface area contributed by atoms with E-state index in [9.17, 15) is 4.79 Å². The maximum absolute atomic E-state index is 10.1. The summed E-state index contributed by atoms with van der Waals surface area (Å²) in [5, 5.41) is 8.28. The number of nitrogens with two attached hydrogens (primary N) is 1. The van der Waals surface area contributed by atoms with Crippen LogP contribution < -0.4 is 5.73 Å². The molecule has 0 bridgehead atoms. The van der Waals surface area contributed by atoms with Crippen molar-refractivity contribution in [3.05, 3.63) is 6.92 Å². The van der Waals surface area contributed by atoms with Crippen LogP contribution >= 0.6 is 0 Å². The van der Waals surface area contributed by atoms with Crippen LogP contribution in [0.1, 0.15) is 13.3 Å². The van der Waals surface area contributed by atoms with Crippen LogP contribution in [0.3, 0.4) is 0 Å². The van der Waals surface area contributed by atoms with Crippen molar-refractivity contribution in [1.82, 2.24) is 0 Å². The first-order valence-electron chi connectivity index (χ1n) is 2.32. The molecular weight excluding hydrogens is 106 g/mol. The van der Waals surface area contributed by atoms with Crippen molar-refractivity contribution in [1.29, 1.82) is 0 Å². The molecule has 0 heterocycles. The molecule has 0 aliphatic heterocycles. The fourth-order valence-corrected chi connectivity index (χ4v) is 0.107. The van der Waals surface area contributed by atoms with Crippen LogP contribution in [0, 0.1) is 6.92 Å². The number of carbonyl (C=O) groups is 1. The zero-order valence-corrected chi connectivity index (χ0v) is 4.85. The average molecular weight is 116 g/mol. The predicted octanol–water partition coefficient (Wildman–Crippen LogP) is 0.0126. The molecule has 3 heteroatoms. The molecule has 8 heavy (non-hydrogen) atoms. The molecule has 0 aromatic carbocycles. The van der Waals surface area contributed by atoms with E-state index in [4.69, 9.17) is 10.8 Å². The number of carboxylic acids is 1. The van der Waals surface area contributed by atoms with E-state index in [1.165, 1.54) is 6.92 Å². The highest BCUT2D eigenvalue weighted by molar-refractivity contribution is 5.77. The summed E-state index contributed by atoms with van der Waals surface area (Å²) < 4.78 is 0. The summed E-state index contributed by atoms with van der Waals surface area (Å²) >= 11 is 0. The van der Waals surface area contributed by atoms with Crippen molar-refractivity contribution in [2.45, 2.75) is 18.9 Å². The molecule has 3 nitrogen and oxygen atoms in total. The Morgan fingerprint density at radius 1 is 2.00 bits per heavy atom. The lowest BCUT2D eigenvalue weighted by atomic mass is 10.0. The van der Waals surface area contributed by atoms with E-state index in [0.717, 1.165) is 0 Å². The number of rotatable bonds is 2. The normalized spacial score (nSPS) is 17.4. The highest BCUT2D eigenvalue weighted by Crippen LogP contribution is 2.02. The Balaban J connectivity index is 3.91. The van der Waals surface area contributed by atoms with Crippen molar-refractivity contribution < 1.29 is 9.90 Å². The molecule has 0 fully saturated rings. The van der Waals surface area contributed by atoms with Crippen molar-refractivity contribution in [2.75, 3.05) is 0 Å². The zero-order chi connectivity index (χ0) is 6.78. The van der Waals surface area contributed by atoms with E-state index in [0.29, 0.717) is 0 Å². The molecule has 47 valence electrons. The van der Waals surface area contributed by atoms with Gasteiger partial charge in [-0.3, -0.25) is 4.79 Å². The van der Waals surface area contributed by atoms with Crippen molar-refractivity contribution in [2.24, 2.45) is 5.73 Å². The molecule has 0 aromatic rings. The van der Waals surface area contributed by atoms with Crippen LogP contribution in [0.15, 0.2) is 0 Å². The summed E-state index contributed by atoms with van der Waals surface area (Å²) in [4.78, 5) is 10.1. The largest absolute Gasteiger partial charge is 0.480 e. The molecule has 3 N–H and O–H groups in total. The van der Waals surface area contributed by atoms with E-state index in [2.05, 4.69) is 6.92 Å². The number of aliphatic carboxylic acids is 1. The minimum atomic E-state index is -1.15. The van der Waals surface area contributed by atoms with Gasteiger partial charge in [0.05, 0.1) is 0 Å². The van der Waals surface area contributed by atoms with Crippen LogP contribution in [0.4, 0.5) is 0 Å². The van der Waals surface area contributed by atoms with Crippen molar-refractivity contribution >= 4 is 5.97 Å². The first-order valence-corrected chi connectivity index (χ1v) is 2.32. The average Bonchev–Trinajstić information content (AvgIpc) is 1.67. The summed E-state index contributed by atoms with van der Waals surface area (Å²) in [6.45, 7) is 4.81. The van der Waals surface area contributed by atoms with Gasteiger partial charge in [-0.15, -0.1) is 0 Å². The molecule has 0 saturated heterocycles. The SMILES string of the molecule is [CH2]C[C@@](C)(N)C(=O)O. The Morgan fingerprint density at radius 2 is 2.38 bits per heavy atom.